The number of hydrogen-bond donors (Lipinski definition) is 3. The Hall–Kier alpha value is -1.90. The average Bonchev–Trinajstić information content (AvgIpc) is 2.88. The number of fused-ring (bicyclic) bond motifs is 1. The number of amides is 1. The van der Waals surface area contributed by atoms with Crippen LogP contribution in [0.3, 0.4) is 0 Å². The van der Waals surface area contributed by atoms with Crippen LogP contribution in [0.15, 0.2) is 42.5 Å². The van der Waals surface area contributed by atoms with Crippen LogP contribution in [0.5, 0.6) is 5.75 Å². The number of nitrogens with zero attached hydrogens (tertiary/aromatic N) is 1. The summed E-state index contributed by atoms with van der Waals surface area (Å²) in [6.45, 7) is 16.3. The Morgan fingerprint density at radius 3 is 2.29 bits per heavy atom. The van der Waals surface area contributed by atoms with E-state index in [1.54, 1.807) is 0 Å². The van der Waals surface area contributed by atoms with Gasteiger partial charge in [0.05, 0.1) is 6.04 Å². The molecule has 1 aromatic heterocycles. The molecule has 3 rings (SSSR count). The summed E-state index contributed by atoms with van der Waals surface area (Å²) in [5.41, 5.74) is 2.57. The number of aliphatic carboxylic acids is 1. The number of nitrogens with one attached hydrogen (secondary N) is 2. The number of ether oxygens (including phenoxy) is 1. The standard InChI is InChI=1S/C12H17N2.C8H9O.C5H7NO3.C3H7.CH3.2Li/c1-2-3-6-11-8-7-10-5-4-9-13-12(10)14-11;1-2-9-8-6-4-3-5-7-8;1-2-4(5(8)9)6-3-7;1-3-2;;;/h7-8H,1-6,9H2,(H,13,14);3-7H,1-2H2;4H,1-2H2,(H,6,7)(H,8,9);3H,1-2H3;1H3;;/q2*-1;-2;2*-1;2*+1/t;;4-;;;;/m..0..../s1. The molecule has 0 aliphatic carbocycles. The van der Waals surface area contributed by atoms with Crippen molar-refractivity contribution in [2.75, 3.05) is 18.5 Å². The molecular weight excluding hydrogens is 468 g/mol. The zero-order valence-electron chi connectivity index (χ0n) is 24.1. The molecule has 1 aliphatic rings. The van der Waals surface area contributed by atoms with E-state index in [2.05, 4.69) is 43.2 Å². The summed E-state index contributed by atoms with van der Waals surface area (Å²) in [6.07, 6.45) is 8.99. The molecule has 0 saturated heterocycles. The maximum atomic E-state index is 10.0. The number of carbonyl (C=O) groups excluding carboxylic acids is 1. The molecule has 7 nitrogen and oxygen atoms in total. The molecule has 9 heteroatoms. The molecule has 0 radical (unpaired) electrons. The molecule has 38 heavy (non-hydrogen) atoms. The molecule has 0 bridgehead atoms. The van der Waals surface area contributed by atoms with Gasteiger partial charge in [0.25, 0.3) is 0 Å². The molecule has 1 atom stereocenters. The number of hydrogen-bond acceptors (Lipinski definition) is 5. The minimum atomic E-state index is -1.09. The van der Waals surface area contributed by atoms with Gasteiger partial charge in [-0.3, -0.25) is 4.79 Å². The first kappa shape index (κ1) is 43.2. The number of aryl methyl sites for hydroxylation is 2. The second-order valence-electron chi connectivity index (χ2n) is 7.46. The summed E-state index contributed by atoms with van der Waals surface area (Å²) >= 11 is 0. The van der Waals surface area contributed by atoms with Crippen LogP contribution in [0.25, 0.3) is 0 Å². The van der Waals surface area contributed by atoms with E-state index in [9.17, 15) is 9.59 Å². The fraction of sp³-hybridized carbons (Fsp3) is 0.379. The number of benzene rings is 1. The predicted octanol–water partition coefficient (Wildman–Crippen LogP) is -0.495. The molecule has 1 amide bonds. The Kier molecular flexibility index (Phi) is 33.7. The topological polar surface area (TPSA) is 101 Å². The van der Waals surface area contributed by atoms with Crippen molar-refractivity contribution in [2.24, 2.45) is 0 Å². The second kappa shape index (κ2) is 29.7. The summed E-state index contributed by atoms with van der Waals surface area (Å²) in [7, 11) is 0. The number of unbranched alkanes of at least 4 members (excludes halogenated alkanes) is 1. The predicted molar refractivity (Wildman–Crippen MR) is 149 cm³/mol. The van der Waals surface area contributed by atoms with Gasteiger partial charge in [0.1, 0.15) is 11.6 Å². The van der Waals surface area contributed by atoms with E-state index in [1.165, 1.54) is 30.5 Å². The van der Waals surface area contributed by atoms with Crippen molar-refractivity contribution in [3.05, 3.63) is 88.3 Å². The first-order valence-corrected chi connectivity index (χ1v) is 11.8. The van der Waals surface area contributed by atoms with Gasteiger partial charge in [-0.1, -0.05) is 30.7 Å². The van der Waals surface area contributed by atoms with E-state index in [4.69, 9.17) is 9.84 Å². The summed E-state index contributed by atoms with van der Waals surface area (Å²) in [5.74, 6) is 0.902. The van der Waals surface area contributed by atoms with Crippen LogP contribution in [0, 0.1) is 34.6 Å². The van der Waals surface area contributed by atoms with Crippen LogP contribution in [0.1, 0.15) is 50.8 Å². The van der Waals surface area contributed by atoms with Crippen molar-refractivity contribution in [3.63, 3.8) is 0 Å². The number of carboxylic acid groups (broad SMARTS) is 1. The van der Waals surface area contributed by atoms with Crippen molar-refractivity contribution in [1.82, 2.24) is 10.3 Å². The van der Waals surface area contributed by atoms with Crippen molar-refractivity contribution < 1.29 is 57.2 Å². The van der Waals surface area contributed by atoms with E-state index in [1.807, 2.05) is 55.9 Å². The molecule has 2 heterocycles. The Morgan fingerprint density at radius 2 is 1.82 bits per heavy atom. The second-order valence-corrected chi connectivity index (χ2v) is 7.46. The molecule has 0 fully saturated rings. The largest absolute Gasteiger partial charge is 1.00 e. The number of para-hydroxylation sites is 1. The molecule has 2 aromatic rings. The molecule has 3 N–H and O–H groups in total. The quantitative estimate of drug-likeness (QED) is 0.239. The van der Waals surface area contributed by atoms with Crippen LogP contribution in [-0.2, 0) is 22.4 Å². The van der Waals surface area contributed by atoms with Gasteiger partial charge in [-0.2, -0.15) is 33.1 Å². The molecule has 204 valence electrons. The fourth-order valence-electron chi connectivity index (χ4n) is 2.78. The van der Waals surface area contributed by atoms with Crippen LogP contribution in [0.2, 0.25) is 0 Å². The maximum Gasteiger partial charge on any atom is 1.00 e. The van der Waals surface area contributed by atoms with Crippen molar-refractivity contribution in [3.8, 4) is 5.75 Å². The third-order valence-electron chi connectivity index (χ3n) is 4.47. The Labute approximate surface area is 255 Å². The van der Waals surface area contributed by atoms with E-state index in [-0.39, 0.29) is 51.6 Å². The summed E-state index contributed by atoms with van der Waals surface area (Å²) in [5, 5.41) is 13.5. The number of rotatable bonds is 9. The minimum Gasteiger partial charge on any atom is -0.525 e. The minimum absolute atomic E-state index is 0. The first-order chi connectivity index (χ1) is 17.0. The van der Waals surface area contributed by atoms with Crippen LogP contribution >= 0.6 is 0 Å². The summed E-state index contributed by atoms with van der Waals surface area (Å²) in [6, 6.07) is 13.1. The van der Waals surface area contributed by atoms with Gasteiger partial charge in [0.2, 0.25) is 0 Å². The van der Waals surface area contributed by atoms with Gasteiger partial charge in [-0.15, -0.1) is 0 Å². The Morgan fingerprint density at radius 1 is 1.18 bits per heavy atom. The normalized spacial score (nSPS) is 10.9. The zero-order valence-corrected chi connectivity index (χ0v) is 24.1. The van der Waals surface area contributed by atoms with Crippen LogP contribution < -0.4 is 53.1 Å². The van der Waals surface area contributed by atoms with Crippen molar-refractivity contribution in [1.29, 1.82) is 0 Å². The number of anilines is 1. The van der Waals surface area contributed by atoms with Crippen molar-refractivity contribution >= 4 is 18.2 Å². The number of pyridine rings is 1. The smallest absolute Gasteiger partial charge is 0.525 e. The van der Waals surface area contributed by atoms with Gasteiger partial charge in [-0.25, -0.2) is 4.98 Å². The first-order valence-electron chi connectivity index (χ1n) is 11.8. The van der Waals surface area contributed by atoms with Gasteiger partial charge >= 0.3 is 43.7 Å². The van der Waals surface area contributed by atoms with E-state index < -0.39 is 12.0 Å². The van der Waals surface area contributed by atoms with Crippen molar-refractivity contribution in [2.45, 2.75) is 58.4 Å². The summed E-state index contributed by atoms with van der Waals surface area (Å²) < 4.78 is 5.09. The van der Waals surface area contributed by atoms with Gasteiger partial charge < -0.3 is 59.9 Å². The summed E-state index contributed by atoms with van der Waals surface area (Å²) in [4.78, 5) is 24.2. The van der Waals surface area contributed by atoms with Crippen LogP contribution in [0.4, 0.5) is 5.82 Å². The third kappa shape index (κ3) is 21.1. The molecule has 0 spiro atoms. The fourth-order valence-corrected chi connectivity index (χ4v) is 2.78. The average molecular weight is 512 g/mol. The van der Waals surface area contributed by atoms with Crippen LogP contribution in [-0.4, -0.2) is 41.7 Å². The Balaban J connectivity index is -0.000000216. The molecule has 0 unspecified atom stereocenters. The Bertz CT molecular complexity index is 812. The van der Waals surface area contributed by atoms with E-state index >= 15 is 0 Å². The maximum absolute atomic E-state index is 10.0. The van der Waals surface area contributed by atoms with E-state index in [0.29, 0.717) is 6.61 Å². The SMILES string of the molecule is C[CH-]C.[CH2-]CCCc1ccc2c(n1)NCCC2.[CH2-]COc1ccccc1.[CH2-]C[C@H](N[C-]=O)C(=O)O.[CH3-].[Li+].[Li+]. The number of carboxylic acids is 1. The monoisotopic (exact) mass is 511 g/mol. The number of carbonyl (C=O) groups is 1. The van der Waals surface area contributed by atoms with Gasteiger partial charge in [0, 0.05) is 12.2 Å². The number of aromatic nitrogens is 1. The van der Waals surface area contributed by atoms with Gasteiger partial charge in [-0.05, 0) is 49.6 Å². The molecule has 1 aliphatic heterocycles. The molecular formula is C29H43Li2N3O4-4. The van der Waals surface area contributed by atoms with E-state index in [0.717, 1.165) is 37.4 Å². The molecule has 0 saturated carbocycles. The van der Waals surface area contributed by atoms with Gasteiger partial charge in [0.15, 0.2) is 0 Å². The zero-order chi connectivity index (χ0) is 26.3. The third-order valence-corrected chi connectivity index (χ3v) is 4.47. The molecule has 1 aromatic carbocycles.